The molecule has 2 N–H and O–H groups in total. The van der Waals surface area contributed by atoms with E-state index >= 15 is 0 Å². The first-order valence-corrected chi connectivity index (χ1v) is 1.37. The molecule has 3 nitrogen and oxygen atoms in total. The zero-order chi connectivity index (χ0) is 5.58. The number of aliphatic carboxylic acids is 1. The highest BCUT2D eigenvalue weighted by molar-refractivity contribution is 5.85. The van der Waals surface area contributed by atoms with Crippen LogP contribution in [-0.4, -0.2) is 23.3 Å². The molecule has 0 fully saturated rings. The quantitative estimate of drug-likeness (QED) is 0.487. The Morgan fingerprint density at radius 2 is 1.43 bits per heavy atom. The fraction of sp³-hybridized carbons (Fsp3) is 0.667. The summed E-state index contributed by atoms with van der Waals surface area (Å²) in [5.41, 5.74) is 0. The van der Waals surface area contributed by atoms with Gasteiger partial charge >= 0.3 is 0 Å². The lowest BCUT2D eigenvalue weighted by Gasteiger charge is -1.59. The van der Waals surface area contributed by atoms with Gasteiger partial charge in [-0.05, 0) is 0 Å². The highest BCUT2D eigenvalue weighted by Gasteiger charge is 1.65. The Morgan fingerprint density at radius 3 is 1.43 bits per heavy atom. The van der Waals surface area contributed by atoms with Crippen molar-refractivity contribution in [2.75, 3.05) is 7.11 Å². The summed E-state index contributed by atoms with van der Waals surface area (Å²) in [5.74, 6) is -0.833. The summed E-state index contributed by atoms with van der Waals surface area (Å²) in [5, 5.41) is 14.4. The number of aliphatic hydroxyl groups excluding tert-OH is 1. The van der Waals surface area contributed by atoms with Crippen LogP contribution in [0.4, 0.5) is 0 Å². The molecule has 0 radical (unpaired) electrons. The second-order valence-electron chi connectivity index (χ2n) is 0.519. The highest BCUT2D eigenvalue weighted by atomic mass is 35.5. The van der Waals surface area contributed by atoms with Gasteiger partial charge in [-0.1, -0.05) is 0 Å². The summed E-state index contributed by atoms with van der Waals surface area (Å²) in [6.07, 6.45) is 0. The van der Waals surface area contributed by atoms with Crippen molar-refractivity contribution in [3.05, 3.63) is 0 Å². The van der Waals surface area contributed by atoms with Gasteiger partial charge in [0.1, 0.15) is 0 Å². The Morgan fingerprint density at radius 1 is 1.43 bits per heavy atom. The summed E-state index contributed by atoms with van der Waals surface area (Å²) < 4.78 is 0. The smallest absolute Gasteiger partial charge is 0.300 e. The maximum atomic E-state index is 9.00. The Labute approximate surface area is 48.4 Å². The predicted octanol–water partition coefficient (Wildman–Crippen LogP) is 0.121. The van der Waals surface area contributed by atoms with E-state index in [9.17, 15) is 0 Å². The molecule has 0 saturated heterocycles. The summed E-state index contributed by atoms with van der Waals surface area (Å²) in [6, 6.07) is 0. The van der Waals surface area contributed by atoms with Crippen LogP contribution in [0.15, 0.2) is 0 Å². The molecule has 0 saturated carbocycles. The van der Waals surface area contributed by atoms with E-state index in [1.165, 1.54) is 0 Å². The first kappa shape index (κ1) is 15.9. The van der Waals surface area contributed by atoms with Crippen molar-refractivity contribution < 1.29 is 15.0 Å². The monoisotopic (exact) mass is 128 g/mol. The second-order valence-corrected chi connectivity index (χ2v) is 0.519. The Hall–Kier alpha value is -0.280. The average Bonchev–Trinajstić information content (AvgIpc) is 1.41. The van der Waals surface area contributed by atoms with Crippen LogP contribution >= 0.6 is 12.4 Å². The van der Waals surface area contributed by atoms with Crippen LogP contribution in [0, 0.1) is 0 Å². The van der Waals surface area contributed by atoms with Gasteiger partial charge in [0.05, 0.1) is 0 Å². The summed E-state index contributed by atoms with van der Waals surface area (Å²) in [7, 11) is 1.00. The SMILES string of the molecule is CC(=O)O.CO.Cl. The molecule has 0 rings (SSSR count). The van der Waals surface area contributed by atoms with Crippen LogP contribution in [-0.2, 0) is 4.79 Å². The van der Waals surface area contributed by atoms with Crippen LogP contribution in [0.25, 0.3) is 0 Å². The van der Waals surface area contributed by atoms with Gasteiger partial charge in [0, 0.05) is 14.0 Å². The minimum Gasteiger partial charge on any atom is -0.481 e. The minimum absolute atomic E-state index is 0. The zero-order valence-electron chi connectivity index (χ0n) is 4.21. The van der Waals surface area contributed by atoms with E-state index in [2.05, 4.69) is 0 Å². The summed E-state index contributed by atoms with van der Waals surface area (Å²) >= 11 is 0. The Kier molecular flexibility index (Phi) is 39.1. The maximum absolute atomic E-state index is 9.00. The normalized spacial score (nSPS) is 4.43. The van der Waals surface area contributed by atoms with Crippen molar-refractivity contribution in [2.45, 2.75) is 6.92 Å². The lowest BCUT2D eigenvalue weighted by molar-refractivity contribution is -0.134. The number of carboxylic acid groups (broad SMARTS) is 1. The van der Waals surface area contributed by atoms with Gasteiger partial charge in [0.15, 0.2) is 0 Å². The molecule has 0 aromatic carbocycles. The van der Waals surface area contributed by atoms with Crippen LogP contribution in [0.3, 0.4) is 0 Å². The van der Waals surface area contributed by atoms with Crippen LogP contribution in [0.1, 0.15) is 6.92 Å². The van der Waals surface area contributed by atoms with E-state index in [0.717, 1.165) is 14.0 Å². The molecule has 0 aromatic heterocycles. The molecule has 0 amide bonds. The number of aliphatic hydroxyl groups is 1. The predicted molar refractivity (Wildman–Crippen MR) is 28.7 cm³/mol. The molecule has 0 bridgehead atoms. The molecular formula is C3H9ClO3. The first-order chi connectivity index (χ1) is 2.73. The standard InChI is InChI=1S/C2H4O2.CH4O.ClH/c1-2(3)4;1-2;/h1H3,(H,3,4);2H,1H3;1H. The number of halogens is 1. The third-order valence-corrected chi connectivity index (χ3v) is 0. The fourth-order valence-electron chi connectivity index (χ4n) is 0. The molecule has 46 valence electrons. The van der Waals surface area contributed by atoms with Crippen molar-refractivity contribution in [1.29, 1.82) is 0 Å². The third kappa shape index (κ3) is 1010. The van der Waals surface area contributed by atoms with Gasteiger partial charge in [-0.25, -0.2) is 0 Å². The minimum atomic E-state index is -0.833. The number of carboxylic acids is 1. The average molecular weight is 129 g/mol. The van der Waals surface area contributed by atoms with E-state index in [1.807, 2.05) is 0 Å². The summed E-state index contributed by atoms with van der Waals surface area (Å²) in [6.45, 7) is 1.08. The van der Waals surface area contributed by atoms with E-state index < -0.39 is 5.97 Å². The lowest BCUT2D eigenvalue weighted by atomic mass is 10.9. The van der Waals surface area contributed by atoms with Gasteiger partial charge in [-0.15, -0.1) is 12.4 Å². The lowest BCUT2D eigenvalue weighted by Crippen LogP contribution is -1.78. The van der Waals surface area contributed by atoms with Crippen molar-refractivity contribution in [3.8, 4) is 0 Å². The number of carbonyl (C=O) groups is 1. The maximum Gasteiger partial charge on any atom is 0.300 e. The van der Waals surface area contributed by atoms with Crippen LogP contribution in [0.5, 0.6) is 0 Å². The molecule has 0 aliphatic heterocycles. The van der Waals surface area contributed by atoms with Gasteiger partial charge in [0.2, 0.25) is 0 Å². The molecule has 0 aliphatic carbocycles. The van der Waals surface area contributed by atoms with Gasteiger partial charge < -0.3 is 10.2 Å². The van der Waals surface area contributed by atoms with Gasteiger partial charge in [0.25, 0.3) is 5.97 Å². The van der Waals surface area contributed by atoms with Crippen molar-refractivity contribution in [2.24, 2.45) is 0 Å². The molecule has 0 heterocycles. The third-order valence-electron chi connectivity index (χ3n) is 0. The molecule has 7 heavy (non-hydrogen) atoms. The second kappa shape index (κ2) is 17.2. The van der Waals surface area contributed by atoms with Gasteiger partial charge in [-0.2, -0.15) is 0 Å². The van der Waals surface area contributed by atoms with Crippen LogP contribution in [0.2, 0.25) is 0 Å². The molecule has 0 aromatic rings. The van der Waals surface area contributed by atoms with E-state index in [0.29, 0.717) is 0 Å². The molecule has 0 unspecified atom stereocenters. The van der Waals surface area contributed by atoms with E-state index in [1.54, 1.807) is 0 Å². The zero-order valence-corrected chi connectivity index (χ0v) is 5.03. The molecule has 4 heteroatoms. The number of rotatable bonds is 0. The Balaban J connectivity index is -0.0000000480. The highest BCUT2D eigenvalue weighted by Crippen LogP contribution is 1.42. The molecular weight excluding hydrogens is 119 g/mol. The largest absolute Gasteiger partial charge is 0.481 e. The van der Waals surface area contributed by atoms with Crippen molar-refractivity contribution >= 4 is 18.4 Å². The number of hydrogen-bond donors (Lipinski definition) is 2. The molecule has 0 atom stereocenters. The molecule has 0 aliphatic rings. The molecule has 0 spiro atoms. The fourth-order valence-corrected chi connectivity index (χ4v) is 0. The summed E-state index contributed by atoms with van der Waals surface area (Å²) in [4.78, 5) is 9.00. The first-order valence-electron chi connectivity index (χ1n) is 1.37. The van der Waals surface area contributed by atoms with Crippen molar-refractivity contribution in [1.82, 2.24) is 0 Å². The van der Waals surface area contributed by atoms with Gasteiger partial charge in [-0.3, -0.25) is 4.79 Å². The topological polar surface area (TPSA) is 57.5 Å². The van der Waals surface area contributed by atoms with Crippen LogP contribution < -0.4 is 0 Å². The van der Waals surface area contributed by atoms with E-state index in [-0.39, 0.29) is 12.4 Å². The van der Waals surface area contributed by atoms with Crippen molar-refractivity contribution in [3.63, 3.8) is 0 Å². The Bertz CT molecular complexity index is 33.2. The van der Waals surface area contributed by atoms with E-state index in [4.69, 9.17) is 15.0 Å². The number of hydrogen-bond acceptors (Lipinski definition) is 2.